The highest BCUT2D eigenvalue weighted by atomic mass is 16.8. The van der Waals surface area contributed by atoms with Gasteiger partial charge in [-0.2, -0.15) is 0 Å². The van der Waals surface area contributed by atoms with Crippen molar-refractivity contribution in [2.24, 2.45) is 0 Å². The molecule has 0 saturated carbocycles. The Morgan fingerprint density at radius 3 is 2.29 bits per heavy atom. The van der Waals surface area contributed by atoms with Gasteiger partial charge in [0.2, 0.25) is 0 Å². The van der Waals surface area contributed by atoms with E-state index in [-0.39, 0.29) is 6.61 Å². The molecule has 0 spiro atoms. The lowest BCUT2D eigenvalue weighted by atomic mass is 10.0. The second kappa shape index (κ2) is 4.12. The minimum Gasteiger partial charge on any atom is -0.394 e. The van der Waals surface area contributed by atoms with E-state index in [4.69, 9.17) is 14.6 Å². The number of aliphatic hydroxyl groups is 3. The van der Waals surface area contributed by atoms with Crippen LogP contribution in [0.5, 0.6) is 0 Å². The topological polar surface area (TPSA) is 79.2 Å². The average molecular weight is 206 g/mol. The molecule has 1 aliphatic heterocycles. The van der Waals surface area contributed by atoms with Gasteiger partial charge in [0.1, 0.15) is 18.3 Å². The standard InChI is InChI=1S/C9H18O5/c1-5(11)7(12)8-6(4-10)13-9(2,3)14-8/h5-8,10-12H,4H2,1-3H3. The molecule has 4 unspecified atom stereocenters. The molecule has 0 radical (unpaired) electrons. The van der Waals surface area contributed by atoms with E-state index < -0.39 is 30.2 Å². The summed E-state index contributed by atoms with van der Waals surface area (Å²) in [5.41, 5.74) is 0. The first kappa shape index (κ1) is 11.9. The minimum absolute atomic E-state index is 0.238. The summed E-state index contributed by atoms with van der Waals surface area (Å²) < 4.78 is 10.7. The third-order valence-electron chi connectivity index (χ3n) is 2.23. The van der Waals surface area contributed by atoms with E-state index >= 15 is 0 Å². The lowest BCUT2D eigenvalue weighted by Gasteiger charge is -2.23. The predicted octanol–water partition coefficient (Wildman–Crippen LogP) is -0.760. The average Bonchev–Trinajstić information content (AvgIpc) is 2.39. The Morgan fingerprint density at radius 1 is 1.29 bits per heavy atom. The van der Waals surface area contributed by atoms with Crippen LogP contribution < -0.4 is 0 Å². The summed E-state index contributed by atoms with van der Waals surface area (Å²) in [7, 11) is 0. The lowest BCUT2D eigenvalue weighted by Crippen LogP contribution is -2.43. The molecule has 14 heavy (non-hydrogen) atoms. The monoisotopic (exact) mass is 206 g/mol. The minimum atomic E-state index is -1.05. The second-order valence-corrected chi connectivity index (χ2v) is 4.05. The molecule has 0 aromatic carbocycles. The van der Waals surface area contributed by atoms with Gasteiger partial charge in [0.25, 0.3) is 0 Å². The van der Waals surface area contributed by atoms with Crippen LogP contribution in [0.4, 0.5) is 0 Å². The van der Waals surface area contributed by atoms with E-state index in [2.05, 4.69) is 0 Å². The number of hydrogen-bond acceptors (Lipinski definition) is 5. The van der Waals surface area contributed by atoms with Crippen LogP contribution >= 0.6 is 0 Å². The fourth-order valence-corrected chi connectivity index (χ4v) is 1.57. The molecule has 5 nitrogen and oxygen atoms in total. The third kappa shape index (κ3) is 2.43. The van der Waals surface area contributed by atoms with Crippen molar-refractivity contribution in [3.8, 4) is 0 Å². The Morgan fingerprint density at radius 2 is 1.86 bits per heavy atom. The third-order valence-corrected chi connectivity index (χ3v) is 2.23. The number of rotatable bonds is 3. The van der Waals surface area contributed by atoms with Crippen LogP contribution in [0, 0.1) is 0 Å². The Labute approximate surface area is 83.3 Å². The van der Waals surface area contributed by atoms with Gasteiger partial charge in [-0.25, -0.2) is 0 Å². The van der Waals surface area contributed by atoms with Gasteiger partial charge in [0, 0.05) is 0 Å². The summed E-state index contributed by atoms with van der Waals surface area (Å²) in [6, 6.07) is 0. The second-order valence-electron chi connectivity index (χ2n) is 4.05. The fraction of sp³-hybridized carbons (Fsp3) is 1.00. The van der Waals surface area contributed by atoms with E-state index in [1.807, 2.05) is 0 Å². The zero-order valence-corrected chi connectivity index (χ0v) is 8.67. The molecule has 1 aliphatic rings. The van der Waals surface area contributed by atoms with Crippen LogP contribution in [0.1, 0.15) is 20.8 Å². The molecule has 1 fully saturated rings. The van der Waals surface area contributed by atoms with Gasteiger partial charge in [-0.3, -0.25) is 0 Å². The summed E-state index contributed by atoms with van der Waals surface area (Å²) in [4.78, 5) is 0. The molecule has 1 rings (SSSR count). The van der Waals surface area contributed by atoms with Crippen LogP contribution in [0.3, 0.4) is 0 Å². The van der Waals surface area contributed by atoms with Crippen LogP contribution in [0.2, 0.25) is 0 Å². The normalized spacial score (nSPS) is 35.6. The summed E-state index contributed by atoms with van der Waals surface area (Å²) in [6.07, 6.45) is -3.23. The van der Waals surface area contributed by atoms with Crippen molar-refractivity contribution in [1.82, 2.24) is 0 Å². The van der Waals surface area contributed by atoms with Gasteiger partial charge in [-0.05, 0) is 20.8 Å². The summed E-state index contributed by atoms with van der Waals surface area (Å²) in [5.74, 6) is -0.825. The maximum absolute atomic E-state index is 9.59. The molecule has 1 heterocycles. The van der Waals surface area contributed by atoms with E-state index in [0.29, 0.717) is 0 Å². The molecule has 84 valence electrons. The maximum Gasteiger partial charge on any atom is 0.164 e. The molecule has 0 bridgehead atoms. The zero-order chi connectivity index (χ0) is 10.9. The van der Waals surface area contributed by atoms with Crippen molar-refractivity contribution in [2.45, 2.75) is 51.0 Å². The van der Waals surface area contributed by atoms with Crippen molar-refractivity contribution in [2.75, 3.05) is 6.61 Å². The fourth-order valence-electron chi connectivity index (χ4n) is 1.57. The summed E-state index contributed by atoms with van der Waals surface area (Å²) in [6.45, 7) is 4.63. The highest BCUT2D eigenvalue weighted by molar-refractivity contribution is 4.88. The van der Waals surface area contributed by atoms with Crippen molar-refractivity contribution < 1.29 is 24.8 Å². The highest BCUT2D eigenvalue weighted by Gasteiger charge is 2.45. The van der Waals surface area contributed by atoms with E-state index in [9.17, 15) is 10.2 Å². The number of aliphatic hydroxyl groups excluding tert-OH is 3. The summed E-state index contributed by atoms with van der Waals surface area (Å²) in [5, 5.41) is 27.8. The van der Waals surface area contributed by atoms with Gasteiger partial charge in [0.15, 0.2) is 5.79 Å². The first-order valence-electron chi connectivity index (χ1n) is 4.70. The number of ether oxygens (including phenoxy) is 2. The first-order valence-corrected chi connectivity index (χ1v) is 4.70. The molecule has 3 N–H and O–H groups in total. The van der Waals surface area contributed by atoms with Crippen LogP contribution in [0.15, 0.2) is 0 Å². The first-order chi connectivity index (χ1) is 6.37. The van der Waals surface area contributed by atoms with Gasteiger partial charge in [-0.15, -0.1) is 0 Å². The molecule has 0 aromatic rings. The maximum atomic E-state index is 9.59. The largest absolute Gasteiger partial charge is 0.394 e. The summed E-state index contributed by atoms with van der Waals surface area (Å²) >= 11 is 0. The number of hydrogen-bond donors (Lipinski definition) is 3. The zero-order valence-electron chi connectivity index (χ0n) is 8.67. The molecule has 0 aromatic heterocycles. The van der Waals surface area contributed by atoms with Crippen LogP contribution in [-0.4, -0.2) is 52.1 Å². The smallest absolute Gasteiger partial charge is 0.164 e. The predicted molar refractivity (Wildman–Crippen MR) is 48.6 cm³/mol. The Bertz CT molecular complexity index is 192. The lowest BCUT2D eigenvalue weighted by molar-refractivity contribution is -0.162. The van der Waals surface area contributed by atoms with E-state index in [0.717, 1.165) is 0 Å². The van der Waals surface area contributed by atoms with Gasteiger partial charge in [0.05, 0.1) is 12.7 Å². The van der Waals surface area contributed by atoms with Crippen molar-refractivity contribution >= 4 is 0 Å². The van der Waals surface area contributed by atoms with Gasteiger partial charge in [-0.1, -0.05) is 0 Å². The van der Waals surface area contributed by atoms with Crippen LogP contribution in [0.25, 0.3) is 0 Å². The molecule has 1 saturated heterocycles. The van der Waals surface area contributed by atoms with Crippen molar-refractivity contribution in [3.63, 3.8) is 0 Å². The Kier molecular flexibility index (Phi) is 3.49. The molecule has 0 amide bonds. The molecular weight excluding hydrogens is 188 g/mol. The highest BCUT2D eigenvalue weighted by Crippen LogP contribution is 2.30. The van der Waals surface area contributed by atoms with Crippen molar-refractivity contribution in [1.29, 1.82) is 0 Å². The quantitative estimate of drug-likeness (QED) is 0.565. The molecule has 0 aliphatic carbocycles. The Hall–Kier alpha value is -0.200. The Balaban J connectivity index is 2.68. The molecular formula is C9H18O5. The van der Waals surface area contributed by atoms with E-state index in [1.54, 1.807) is 13.8 Å². The van der Waals surface area contributed by atoms with E-state index in [1.165, 1.54) is 6.92 Å². The van der Waals surface area contributed by atoms with Gasteiger partial charge < -0.3 is 24.8 Å². The molecule has 4 atom stereocenters. The van der Waals surface area contributed by atoms with Crippen molar-refractivity contribution in [3.05, 3.63) is 0 Å². The van der Waals surface area contributed by atoms with Gasteiger partial charge >= 0.3 is 0 Å². The SMILES string of the molecule is CC(O)C(O)C1OC(C)(C)OC1CO. The molecule has 5 heteroatoms. The van der Waals surface area contributed by atoms with Crippen LogP contribution in [-0.2, 0) is 9.47 Å².